The zero-order valence-electron chi connectivity index (χ0n) is 23.1. The van der Waals surface area contributed by atoms with E-state index in [0.717, 1.165) is 68.3 Å². The van der Waals surface area contributed by atoms with Crippen molar-refractivity contribution in [2.45, 2.75) is 75.9 Å². The van der Waals surface area contributed by atoms with E-state index in [1.54, 1.807) is 31.4 Å². The normalized spacial score (nSPS) is 24.1. The minimum Gasteiger partial charge on any atom is -0.370 e. The topological polar surface area (TPSA) is 68.5 Å². The predicted octanol–water partition coefficient (Wildman–Crippen LogP) is 7.87. The van der Waals surface area contributed by atoms with Crippen molar-refractivity contribution < 1.29 is 14.1 Å². The highest BCUT2D eigenvalue weighted by atomic mass is 35.5. The molecule has 210 valence electrons. The fourth-order valence-electron chi connectivity index (χ4n) is 6.19. The number of rotatable bonds is 9. The van der Waals surface area contributed by atoms with Crippen molar-refractivity contribution in [3.05, 3.63) is 75.2 Å². The van der Waals surface area contributed by atoms with Gasteiger partial charge in [0, 0.05) is 43.5 Å². The number of benzene rings is 1. The van der Waals surface area contributed by atoms with E-state index in [0.29, 0.717) is 40.2 Å². The second kappa shape index (κ2) is 11.0. The number of carbonyl (C=O) groups excluding carboxylic acids is 1. The van der Waals surface area contributed by atoms with E-state index in [9.17, 15) is 4.79 Å². The van der Waals surface area contributed by atoms with E-state index >= 15 is 0 Å². The summed E-state index contributed by atoms with van der Waals surface area (Å²) >= 11 is 13.0. The van der Waals surface area contributed by atoms with Gasteiger partial charge in [-0.05, 0) is 67.9 Å². The highest BCUT2D eigenvalue weighted by Gasteiger charge is 2.48. The zero-order valence-corrected chi connectivity index (χ0v) is 24.6. The maximum absolute atomic E-state index is 12.0. The Hall–Kier alpha value is -2.67. The van der Waals surface area contributed by atoms with Crippen molar-refractivity contribution in [2.75, 3.05) is 14.1 Å². The highest BCUT2D eigenvalue weighted by molar-refractivity contribution is 6.38. The molecule has 2 aromatic heterocycles. The van der Waals surface area contributed by atoms with Crippen LogP contribution in [0.4, 0.5) is 0 Å². The van der Waals surface area contributed by atoms with E-state index in [1.165, 1.54) is 5.56 Å². The first-order valence-electron chi connectivity index (χ1n) is 14.2. The molecule has 0 spiro atoms. The first kappa shape index (κ1) is 27.5. The number of carbonyl (C=O) groups is 1. The Bertz CT molecular complexity index is 1380. The minimum absolute atomic E-state index is 0.114. The molecule has 4 aliphatic carbocycles. The van der Waals surface area contributed by atoms with Gasteiger partial charge < -0.3 is 14.2 Å². The SMILES string of the molecule is CN(C)C(=O)Cc1ccc(/C=C/C23CCC(OCc4c(-c5c(Cl)cncc5Cl)noc4C4CC4)(CC2)CC3)cc1. The molecule has 8 heteroatoms. The smallest absolute Gasteiger partial charge is 0.226 e. The van der Waals surface area contributed by atoms with Gasteiger partial charge in [-0.15, -0.1) is 0 Å². The monoisotopic (exact) mass is 579 g/mol. The lowest BCUT2D eigenvalue weighted by Gasteiger charge is -2.52. The number of fused-ring (bicyclic) bond motifs is 3. The van der Waals surface area contributed by atoms with Gasteiger partial charge >= 0.3 is 0 Å². The fraction of sp³-hybridized carbons (Fsp3) is 0.469. The van der Waals surface area contributed by atoms with E-state index in [2.05, 4.69) is 46.6 Å². The van der Waals surface area contributed by atoms with Gasteiger partial charge in [-0.1, -0.05) is 64.8 Å². The summed E-state index contributed by atoms with van der Waals surface area (Å²) < 4.78 is 12.6. The van der Waals surface area contributed by atoms with Crippen LogP contribution < -0.4 is 0 Å². The lowest BCUT2D eigenvalue weighted by atomic mass is 9.58. The van der Waals surface area contributed by atoms with E-state index in [1.807, 2.05) is 0 Å². The quantitative estimate of drug-likeness (QED) is 0.258. The molecule has 0 radical (unpaired) electrons. The molecule has 1 amide bonds. The summed E-state index contributed by atoms with van der Waals surface area (Å²) in [7, 11) is 3.58. The van der Waals surface area contributed by atoms with Gasteiger partial charge in [0.05, 0.1) is 28.7 Å². The number of allylic oxidation sites excluding steroid dienone is 1. The minimum atomic E-state index is -0.114. The standard InChI is InChI=1S/C32H35Cl2N3O3/c1-37(2)27(38)17-22-5-3-21(4-6-22)9-10-31-11-14-32(15-12-31,16-13-31)39-20-24-29(36-40-30(24)23-7-8-23)28-25(33)18-35-19-26(28)34/h3-6,9-10,18-19,23H,7-8,11-17,20H2,1-2H3/b10-9+. The van der Waals surface area contributed by atoms with Crippen LogP contribution in [0.25, 0.3) is 17.3 Å². The van der Waals surface area contributed by atoms with Crippen molar-refractivity contribution in [3.8, 4) is 11.3 Å². The van der Waals surface area contributed by atoms with Crippen LogP contribution in [-0.4, -0.2) is 40.6 Å². The molecule has 4 aliphatic rings. The zero-order chi connectivity index (χ0) is 27.9. The molecule has 2 bridgehead atoms. The number of hydrogen-bond donors (Lipinski definition) is 0. The van der Waals surface area contributed by atoms with Crippen LogP contribution in [0.3, 0.4) is 0 Å². The maximum atomic E-state index is 12.0. The van der Waals surface area contributed by atoms with Gasteiger partial charge in [-0.3, -0.25) is 9.78 Å². The van der Waals surface area contributed by atoms with Crippen molar-refractivity contribution >= 4 is 35.2 Å². The van der Waals surface area contributed by atoms with Gasteiger partial charge in [-0.2, -0.15) is 0 Å². The van der Waals surface area contributed by atoms with Gasteiger partial charge in [0.15, 0.2) is 0 Å². The summed E-state index contributed by atoms with van der Waals surface area (Å²) in [5.41, 5.74) is 4.65. The molecule has 6 nitrogen and oxygen atoms in total. The third kappa shape index (κ3) is 5.59. The first-order valence-corrected chi connectivity index (χ1v) is 14.9. The Kier molecular flexibility index (Phi) is 7.53. The summed E-state index contributed by atoms with van der Waals surface area (Å²) in [6, 6.07) is 8.33. The molecule has 0 aliphatic heterocycles. The van der Waals surface area contributed by atoms with Gasteiger partial charge in [0.25, 0.3) is 0 Å². The van der Waals surface area contributed by atoms with E-state index in [4.69, 9.17) is 32.5 Å². The second-order valence-corrected chi connectivity index (χ2v) is 12.8. The molecular formula is C32H35Cl2N3O3. The third-order valence-corrected chi connectivity index (χ3v) is 9.65. The highest BCUT2D eigenvalue weighted by Crippen LogP contribution is 2.55. The summed E-state index contributed by atoms with van der Waals surface area (Å²) in [4.78, 5) is 17.7. The molecule has 40 heavy (non-hydrogen) atoms. The number of amides is 1. The largest absolute Gasteiger partial charge is 0.370 e. The van der Waals surface area contributed by atoms with Crippen molar-refractivity contribution in [2.24, 2.45) is 5.41 Å². The molecule has 4 fully saturated rings. The fourth-order valence-corrected chi connectivity index (χ4v) is 6.73. The van der Waals surface area contributed by atoms with Crippen molar-refractivity contribution in [1.29, 1.82) is 0 Å². The first-order chi connectivity index (χ1) is 19.3. The van der Waals surface area contributed by atoms with Crippen molar-refractivity contribution in [1.82, 2.24) is 15.0 Å². The number of aromatic nitrogens is 2. The van der Waals surface area contributed by atoms with Crippen LogP contribution in [0.5, 0.6) is 0 Å². The van der Waals surface area contributed by atoms with Gasteiger partial charge in [0.2, 0.25) is 5.91 Å². The van der Waals surface area contributed by atoms with Crippen LogP contribution in [-0.2, 0) is 22.6 Å². The molecule has 0 N–H and O–H groups in total. The molecule has 0 unspecified atom stereocenters. The van der Waals surface area contributed by atoms with Crippen LogP contribution in [0.1, 0.15) is 79.7 Å². The number of halogens is 2. The molecule has 4 saturated carbocycles. The average Bonchev–Trinajstić information content (AvgIpc) is 3.72. The van der Waals surface area contributed by atoms with Crippen LogP contribution in [0.15, 0.2) is 47.3 Å². The summed E-state index contributed by atoms with van der Waals surface area (Å²) in [5, 5.41) is 5.33. The molecule has 1 aromatic carbocycles. The average molecular weight is 581 g/mol. The third-order valence-electron chi connectivity index (χ3n) is 9.08. The number of pyridine rings is 1. The number of nitrogens with zero attached hydrogens (tertiary/aromatic N) is 3. The summed E-state index contributed by atoms with van der Waals surface area (Å²) in [5.74, 6) is 1.43. The van der Waals surface area contributed by atoms with Crippen molar-refractivity contribution in [3.63, 3.8) is 0 Å². The molecule has 7 rings (SSSR count). The Balaban J connectivity index is 1.11. The van der Waals surface area contributed by atoms with Gasteiger partial charge in [0.1, 0.15) is 11.5 Å². The van der Waals surface area contributed by atoms with Crippen LogP contribution in [0, 0.1) is 5.41 Å². The Morgan fingerprint density at radius 1 is 1.05 bits per heavy atom. The summed E-state index contributed by atoms with van der Waals surface area (Å²) in [6.07, 6.45) is 17.0. The second-order valence-electron chi connectivity index (χ2n) is 12.0. The van der Waals surface area contributed by atoms with Gasteiger partial charge in [-0.25, -0.2) is 0 Å². The number of hydrogen-bond acceptors (Lipinski definition) is 5. The Morgan fingerprint density at radius 3 is 2.30 bits per heavy atom. The number of likely N-dealkylation sites (N-methyl/N-ethyl adjacent to an activating group) is 1. The van der Waals surface area contributed by atoms with E-state index < -0.39 is 0 Å². The Labute approximate surface area is 245 Å². The lowest BCUT2D eigenvalue weighted by Crippen LogP contribution is -2.46. The van der Waals surface area contributed by atoms with E-state index in [-0.39, 0.29) is 16.9 Å². The van der Waals surface area contributed by atoms with Crippen LogP contribution in [0.2, 0.25) is 10.0 Å². The summed E-state index contributed by atoms with van der Waals surface area (Å²) in [6.45, 7) is 0.450. The Morgan fingerprint density at radius 2 is 1.70 bits per heavy atom. The molecule has 3 aromatic rings. The van der Waals surface area contributed by atoms with Crippen LogP contribution >= 0.6 is 23.2 Å². The predicted molar refractivity (Wildman–Crippen MR) is 157 cm³/mol. The lowest BCUT2D eigenvalue weighted by molar-refractivity contribution is -0.133. The molecule has 0 saturated heterocycles. The molecule has 0 atom stereocenters. The molecule has 2 heterocycles. The maximum Gasteiger partial charge on any atom is 0.226 e. The molecular weight excluding hydrogens is 545 g/mol. The number of ether oxygens (including phenoxy) is 1.